The first kappa shape index (κ1) is 17.9. The van der Waals surface area contributed by atoms with Crippen LogP contribution in [0.1, 0.15) is 21.3 Å². The summed E-state index contributed by atoms with van der Waals surface area (Å²) in [6.45, 7) is 0.359. The van der Waals surface area contributed by atoms with E-state index >= 15 is 0 Å². The summed E-state index contributed by atoms with van der Waals surface area (Å²) in [5.41, 5.74) is 0.257. The van der Waals surface area contributed by atoms with Crippen molar-refractivity contribution >= 4 is 29.3 Å². The lowest BCUT2D eigenvalue weighted by Gasteiger charge is -2.24. The Labute approximate surface area is 151 Å². The number of amides is 1. The standard InChI is InChI=1S/C17H13ClF3NO2S/c1-24-15-13(20)11(8-12(19)14(15)21)16(23)22-6-7-25-17(22)9-2-4-10(18)5-3-9/h2-5,8,17H,6-7H2,1H3. The average molecular weight is 388 g/mol. The number of ether oxygens (including phenoxy) is 1. The van der Waals surface area contributed by atoms with Gasteiger partial charge in [-0.15, -0.1) is 11.8 Å². The number of methoxy groups -OCH3 is 1. The number of nitrogens with zero attached hydrogens (tertiary/aromatic N) is 1. The van der Waals surface area contributed by atoms with E-state index in [4.69, 9.17) is 11.6 Å². The number of benzene rings is 2. The molecule has 132 valence electrons. The van der Waals surface area contributed by atoms with Gasteiger partial charge < -0.3 is 9.64 Å². The number of hydrogen-bond donors (Lipinski definition) is 0. The molecule has 0 spiro atoms. The summed E-state index contributed by atoms with van der Waals surface area (Å²) in [7, 11) is 1.01. The van der Waals surface area contributed by atoms with Crippen LogP contribution in [0.25, 0.3) is 0 Å². The van der Waals surface area contributed by atoms with Crippen LogP contribution in [0.3, 0.4) is 0 Å². The Bertz CT molecular complexity index is 817. The molecule has 2 aromatic carbocycles. The molecule has 0 N–H and O–H groups in total. The smallest absolute Gasteiger partial charge is 0.258 e. The molecule has 8 heteroatoms. The third kappa shape index (κ3) is 3.30. The third-order valence-electron chi connectivity index (χ3n) is 3.86. The minimum atomic E-state index is -1.46. The van der Waals surface area contributed by atoms with Crippen LogP contribution in [0.2, 0.25) is 5.02 Å². The minimum Gasteiger partial charge on any atom is -0.491 e. The van der Waals surface area contributed by atoms with Gasteiger partial charge in [-0.3, -0.25) is 4.79 Å². The largest absolute Gasteiger partial charge is 0.491 e. The predicted octanol–water partition coefficient (Wildman–Crippen LogP) is 4.65. The zero-order valence-corrected chi connectivity index (χ0v) is 14.6. The normalized spacial score (nSPS) is 17.0. The van der Waals surface area contributed by atoms with Crippen molar-refractivity contribution in [1.82, 2.24) is 4.90 Å². The van der Waals surface area contributed by atoms with E-state index in [-0.39, 0.29) is 5.37 Å². The van der Waals surface area contributed by atoms with Gasteiger partial charge in [0.15, 0.2) is 17.4 Å². The molecule has 0 radical (unpaired) electrons. The molecule has 3 nitrogen and oxygen atoms in total. The van der Waals surface area contributed by atoms with Gasteiger partial charge >= 0.3 is 0 Å². The molecule has 1 aliphatic heterocycles. The van der Waals surface area contributed by atoms with E-state index in [1.807, 2.05) is 0 Å². The summed E-state index contributed by atoms with van der Waals surface area (Å²) in [5, 5.41) is 0.198. The van der Waals surface area contributed by atoms with E-state index in [2.05, 4.69) is 4.74 Å². The molecule has 0 saturated carbocycles. The second-order valence-electron chi connectivity index (χ2n) is 5.34. The summed E-state index contributed by atoms with van der Waals surface area (Å²) in [6, 6.07) is 7.50. The number of rotatable bonds is 3. The molecule has 1 atom stereocenters. The molecule has 25 heavy (non-hydrogen) atoms. The SMILES string of the molecule is COc1c(F)c(F)cc(C(=O)N2CCSC2c2ccc(Cl)cc2)c1F. The summed E-state index contributed by atoms with van der Waals surface area (Å²) >= 11 is 7.37. The summed E-state index contributed by atoms with van der Waals surface area (Å²) in [6.07, 6.45) is 0. The zero-order valence-electron chi connectivity index (χ0n) is 13.1. The quantitative estimate of drug-likeness (QED) is 0.718. The molecule has 1 heterocycles. The van der Waals surface area contributed by atoms with Crippen molar-refractivity contribution in [2.45, 2.75) is 5.37 Å². The lowest BCUT2D eigenvalue weighted by Crippen LogP contribution is -2.31. The highest BCUT2D eigenvalue weighted by Crippen LogP contribution is 2.40. The third-order valence-corrected chi connectivity index (χ3v) is 5.37. The van der Waals surface area contributed by atoms with Gasteiger partial charge in [0, 0.05) is 17.3 Å². The van der Waals surface area contributed by atoms with Gasteiger partial charge in [-0.1, -0.05) is 23.7 Å². The molecule has 1 fully saturated rings. The van der Waals surface area contributed by atoms with Crippen LogP contribution < -0.4 is 4.74 Å². The van der Waals surface area contributed by atoms with Gasteiger partial charge in [-0.25, -0.2) is 8.78 Å². The zero-order chi connectivity index (χ0) is 18.1. The number of thioether (sulfide) groups is 1. The van der Waals surface area contributed by atoms with Crippen LogP contribution in [0, 0.1) is 17.5 Å². The molecule has 1 unspecified atom stereocenters. The van der Waals surface area contributed by atoms with Crippen LogP contribution in [-0.2, 0) is 0 Å². The second kappa shape index (κ2) is 7.17. The number of carbonyl (C=O) groups excluding carboxylic acids is 1. The molecule has 0 aliphatic carbocycles. The maximum Gasteiger partial charge on any atom is 0.258 e. The molecule has 1 aliphatic rings. The van der Waals surface area contributed by atoms with Gasteiger partial charge in [-0.2, -0.15) is 4.39 Å². The van der Waals surface area contributed by atoms with Gasteiger partial charge in [0.25, 0.3) is 5.91 Å². The van der Waals surface area contributed by atoms with Crippen LogP contribution in [-0.4, -0.2) is 30.2 Å². The van der Waals surface area contributed by atoms with Gasteiger partial charge in [0.05, 0.1) is 12.7 Å². The fraction of sp³-hybridized carbons (Fsp3) is 0.235. The lowest BCUT2D eigenvalue weighted by atomic mass is 10.1. The molecule has 2 aromatic rings. The lowest BCUT2D eigenvalue weighted by molar-refractivity contribution is 0.0753. The van der Waals surface area contributed by atoms with Crippen molar-refractivity contribution in [2.75, 3.05) is 19.4 Å². The molecular weight excluding hydrogens is 375 g/mol. The van der Waals surface area contributed by atoms with Crippen molar-refractivity contribution in [2.24, 2.45) is 0 Å². The van der Waals surface area contributed by atoms with E-state index in [1.54, 1.807) is 24.3 Å². The Morgan fingerprint density at radius 3 is 2.56 bits per heavy atom. The molecule has 0 bridgehead atoms. The van der Waals surface area contributed by atoms with Crippen molar-refractivity contribution < 1.29 is 22.7 Å². The van der Waals surface area contributed by atoms with E-state index in [0.717, 1.165) is 12.7 Å². The molecule has 1 amide bonds. The molecule has 0 aromatic heterocycles. The maximum absolute atomic E-state index is 14.4. The van der Waals surface area contributed by atoms with Gasteiger partial charge in [0.2, 0.25) is 5.82 Å². The number of halogens is 4. The first-order valence-electron chi connectivity index (χ1n) is 7.33. The van der Waals surface area contributed by atoms with Crippen LogP contribution in [0.5, 0.6) is 5.75 Å². The Kier molecular flexibility index (Phi) is 5.15. The van der Waals surface area contributed by atoms with E-state index in [9.17, 15) is 18.0 Å². The fourth-order valence-corrected chi connectivity index (χ4v) is 4.03. The minimum absolute atomic E-state index is 0.358. The number of carbonyl (C=O) groups is 1. The highest BCUT2D eigenvalue weighted by atomic mass is 35.5. The average Bonchev–Trinajstić information content (AvgIpc) is 3.08. The first-order valence-corrected chi connectivity index (χ1v) is 8.76. The Morgan fingerprint density at radius 2 is 1.92 bits per heavy atom. The summed E-state index contributed by atoms with van der Waals surface area (Å²) in [5.74, 6) is -4.99. The topological polar surface area (TPSA) is 29.5 Å². The van der Waals surface area contributed by atoms with Crippen molar-refractivity contribution in [3.8, 4) is 5.75 Å². The second-order valence-corrected chi connectivity index (χ2v) is 6.96. The van der Waals surface area contributed by atoms with Gasteiger partial charge in [-0.05, 0) is 23.8 Å². The van der Waals surface area contributed by atoms with Crippen molar-refractivity contribution in [3.63, 3.8) is 0 Å². The van der Waals surface area contributed by atoms with Crippen molar-refractivity contribution in [3.05, 3.63) is 63.9 Å². The Hall–Kier alpha value is -1.86. The fourth-order valence-electron chi connectivity index (χ4n) is 2.65. The number of hydrogen-bond acceptors (Lipinski definition) is 3. The molecule has 3 rings (SSSR count). The van der Waals surface area contributed by atoms with Crippen LogP contribution in [0.15, 0.2) is 30.3 Å². The van der Waals surface area contributed by atoms with Crippen LogP contribution >= 0.6 is 23.4 Å². The van der Waals surface area contributed by atoms with Crippen molar-refractivity contribution in [1.29, 1.82) is 0 Å². The highest BCUT2D eigenvalue weighted by molar-refractivity contribution is 7.99. The summed E-state index contributed by atoms with van der Waals surface area (Å²) < 4.78 is 46.2. The van der Waals surface area contributed by atoms with Crippen LogP contribution in [0.4, 0.5) is 13.2 Å². The Balaban J connectivity index is 1.97. The molecular formula is C17H13ClF3NO2S. The maximum atomic E-state index is 14.4. The highest BCUT2D eigenvalue weighted by Gasteiger charge is 2.34. The molecule has 1 saturated heterocycles. The van der Waals surface area contributed by atoms with E-state index in [1.165, 1.54) is 16.7 Å². The first-order chi connectivity index (χ1) is 11.9. The monoisotopic (exact) mass is 387 g/mol. The van der Waals surface area contributed by atoms with Gasteiger partial charge in [0.1, 0.15) is 5.37 Å². The predicted molar refractivity (Wildman–Crippen MR) is 90.6 cm³/mol. The Morgan fingerprint density at radius 1 is 1.24 bits per heavy atom. The summed E-state index contributed by atoms with van der Waals surface area (Å²) in [4.78, 5) is 14.2. The van der Waals surface area contributed by atoms with E-state index < -0.39 is 34.7 Å². The van der Waals surface area contributed by atoms with E-state index in [0.29, 0.717) is 23.4 Å².